The number of fused-ring (bicyclic) bond motifs is 2. The molecule has 2 aromatic carbocycles. The van der Waals surface area contributed by atoms with Crippen molar-refractivity contribution >= 4 is 22.1 Å². The Morgan fingerprint density at radius 2 is 1.95 bits per heavy atom. The average molecular weight is 295 g/mol. The van der Waals surface area contributed by atoms with Crippen molar-refractivity contribution in [1.82, 2.24) is 5.32 Å². The molecule has 21 heavy (non-hydrogen) atoms. The number of rotatable bonds is 2. The second-order valence-electron chi connectivity index (χ2n) is 5.35. The van der Waals surface area contributed by atoms with Gasteiger partial charge in [0.15, 0.2) is 0 Å². The molecule has 1 aliphatic heterocycles. The summed E-state index contributed by atoms with van der Waals surface area (Å²) in [7, 11) is 0. The zero-order valence-electron chi connectivity index (χ0n) is 11.7. The van der Waals surface area contributed by atoms with Crippen LogP contribution in [-0.4, -0.2) is 13.1 Å². The summed E-state index contributed by atoms with van der Waals surface area (Å²) in [5, 5.41) is 8.06. The molecule has 3 aromatic rings. The van der Waals surface area contributed by atoms with Gasteiger partial charge in [-0.1, -0.05) is 36.4 Å². The molecule has 1 aromatic heterocycles. The van der Waals surface area contributed by atoms with E-state index in [2.05, 4.69) is 59.2 Å². The molecule has 1 N–H and O–H groups in total. The topological polar surface area (TPSA) is 21.3 Å². The maximum absolute atomic E-state index is 6.38. The molecule has 0 radical (unpaired) electrons. The summed E-state index contributed by atoms with van der Waals surface area (Å²) in [6.07, 6.45) is 1.20. The van der Waals surface area contributed by atoms with E-state index in [0.29, 0.717) is 0 Å². The predicted octanol–water partition coefficient (Wildman–Crippen LogP) is 4.17. The van der Waals surface area contributed by atoms with Crippen LogP contribution in [0.25, 0.3) is 10.8 Å². The van der Waals surface area contributed by atoms with Crippen molar-refractivity contribution in [3.63, 3.8) is 0 Å². The molecule has 1 atom stereocenters. The lowest BCUT2D eigenvalue weighted by Gasteiger charge is -2.19. The first-order chi connectivity index (χ1) is 10.4. The van der Waals surface area contributed by atoms with E-state index in [-0.39, 0.29) is 6.10 Å². The van der Waals surface area contributed by atoms with E-state index in [1.54, 1.807) is 11.3 Å². The van der Waals surface area contributed by atoms with Crippen LogP contribution in [0.2, 0.25) is 0 Å². The first-order valence-corrected chi connectivity index (χ1v) is 8.21. The van der Waals surface area contributed by atoms with Crippen LogP contribution in [0, 0.1) is 0 Å². The van der Waals surface area contributed by atoms with E-state index < -0.39 is 0 Å². The van der Waals surface area contributed by atoms with E-state index in [0.717, 1.165) is 25.3 Å². The lowest BCUT2D eigenvalue weighted by Crippen LogP contribution is -2.23. The van der Waals surface area contributed by atoms with Crippen molar-refractivity contribution in [3.8, 4) is 5.75 Å². The van der Waals surface area contributed by atoms with Crippen molar-refractivity contribution in [2.24, 2.45) is 0 Å². The highest BCUT2D eigenvalue weighted by Gasteiger charge is 2.21. The first kappa shape index (κ1) is 12.9. The summed E-state index contributed by atoms with van der Waals surface area (Å²) < 4.78 is 6.38. The number of thiophene rings is 1. The second kappa shape index (κ2) is 5.51. The minimum atomic E-state index is 0.105. The minimum Gasteiger partial charge on any atom is -0.483 e. The largest absolute Gasteiger partial charge is 0.483 e. The molecule has 2 heterocycles. The number of hydrogen-bond donors (Lipinski definition) is 1. The van der Waals surface area contributed by atoms with Crippen molar-refractivity contribution in [2.45, 2.75) is 12.5 Å². The zero-order valence-corrected chi connectivity index (χ0v) is 12.5. The minimum absolute atomic E-state index is 0.105. The number of benzene rings is 2. The van der Waals surface area contributed by atoms with E-state index in [4.69, 9.17) is 4.74 Å². The van der Waals surface area contributed by atoms with Crippen molar-refractivity contribution in [3.05, 3.63) is 64.4 Å². The van der Waals surface area contributed by atoms with Gasteiger partial charge in [-0.3, -0.25) is 0 Å². The van der Waals surface area contributed by atoms with Gasteiger partial charge >= 0.3 is 0 Å². The van der Waals surface area contributed by atoms with Crippen molar-refractivity contribution in [1.29, 1.82) is 0 Å². The molecule has 0 aliphatic carbocycles. The third kappa shape index (κ3) is 2.43. The predicted molar refractivity (Wildman–Crippen MR) is 88.2 cm³/mol. The molecule has 4 rings (SSSR count). The third-order valence-electron chi connectivity index (χ3n) is 3.99. The Balaban J connectivity index is 1.72. The molecule has 106 valence electrons. The van der Waals surface area contributed by atoms with Crippen LogP contribution in [0.15, 0.2) is 53.9 Å². The Labute approximate surface area is 128 Å². The number of nitrogens with one attached hydrogen (secondary N) is 1. The van der Waals surface area contributed by atoms with Crippen LogP contribution in [0.3, 0.4) is 0 Å². The van der Waals surface area contributed by atoms with Gasteiger partial charge in [0.25, 0.3) is 0 Å². The van der Waals surface area contributed by atoms with Gasteiger partial charge in [0.1, 0.15) is 11.9 Å². The van der Waals surface area contributed by atoms with Gasteiger partial charge in [-0.05, 0) is 41.4 Å². The van der Waals surface area contributed by atoms with Crippen LogP contribution >= 0.6 is 11.3 Å². The van der Waals surface area contributed by atoms with E-state index in [1.807, 2.05) is 0 Å². The van der Waals surface area contributed by atoms with Crippen LogP contribution in [0.1, 0.15) is 16.5 Å². The summed E-state index contributed by atoms with van der Waals surface area (Å²) in [6.45, 7) is 1.90. The lowest BCUT2D eigenvalue weighted by molar-refractivity contribution is 0.211. The molecule has 0 fully saturated rings. The third-order valence-corrected chi connectivity index (χ3v) is 5.04. The van der Waals surface area contributed by atoms with Gasteiger partial charge in [-0.2, -0.15) is 0 Å². The molecule has 1 unspecified atom stereocenters. The molecule has 0 amide bonds. The molecular formula is C18H17NOS. The van der Waals surface area contributed by atoms with Gasteiger partial charge in [0.05, 0.1) is 0 Å². The monoisotopic (exact) mass is 295 g/mol. The second-order valence-corrected chi connectivity index (χ2v) is 6.30. The van der Waals surface area contributed by atoms with Crippen LogP contribution in [-0.2, 0) is 6.42 Å². The van der Waals surface area contributed by atoms with Crippen LogP contribution < -0.4 is 10.1 Å². The fraction of sp³-hybridized carbons (Fsp3) is 0.222. The maximum Gasteiger partial charge on any atom is 0.145 e. The Kier molecular flexibility index (Phi) is 3.37. The van der Waals surface area contributed by atoms with Crippen LogP contribution in [0.4, 0.5) is 0 Å². The molecule has 0 saturated carbocycles. The molecule has 0 saturated heterocycles. The Bertz CT molecular complexity index is 759. The van der Waals surface area contributed by atoms with Gasteiger partial charge in [-0.25, -0.2) is 0 Å². The highest BCUT2D eigenvalue weighted by Crippen LogP contribution is 2.33. The molecule has 2 nitrogen and oxygen atoms in total. The van der Waals surface area contributed by atoms with Gasteiger partial charge < -0.3 is 10.1 Å². The van der Waals surface area contributed by atoms with Gasteiger partial charge in [0.2, 0.25) is 0 Å². The summed E-state index contributed by atoms with van der Waals surface area (Å²) in [6, 6.07) is 16.9. The Morgan fingerprint density at radius 1 is 1.05 bits per heavy atom. The molecule has 3 heteroatoms. The highest BCUT2D eigenvalue weighted by molar-refractivity contribution is 7.10. The van der Waals surface area contributed by atoms with Crippen molar-refractivity contribution in [2.75, 3.05) is 13.1 Å². The van der Waals surface area contributed by atoms with Gasteiger partial charge in [-0.15, -0.1) is 11.3 Å². The molecular weight excluding hydrogens is 278 g/mol. The van der Waals surface area contributed by atoms with E-state index in [1.165, 1.54) is 21.2 Å². The summed E-state index contributed by atoms with van der Waals surface area (Å²) in [5.74, 6) is 0.973. The molecule has 1 aliphatic rings. The standard InChI is InChI=1S/C18H17NOS/c1-2-6-15-13(4-1)5-3-7-16(15)20-17-12-19-10-8-14-9-11-21-18(14)17/h1-7,9,11,17,19H,8,10,12H2. The quantitative estimate of drug-likeness (QED) is 0.766. The molecule has 0 bridgehead atoms. The summed E-state index contributed by atoms with van der Waals surface area (Å²) in [4.78, 5) is 1.37. The van der Waals surface area contributed by atoms with Crippen LogP contribution in [0.5, 0.6) is 5.75 Å². The Hall–Kier alpha value is -1.84. The Morgan fingerprint density at radius 3 is 2.95 bits per heavy atom. The zero-order chi connectivity index (χ0) is 14.1. The van der Waals surface area contributed by atoms with E-state index in [9.17, 15) is 0 Å². The first-order valence-electron chi connectivity index (χ1n) is 7.33. The van der Waals surface area contributed by atoms with Crippen molar-refractivity contribution < 1.29 is 4.74 Å². The summed E-state index contributed by atoms with van der Waals surface area (Å²) in [5.41, 5.74) is 1.43. The maximum atomic E-state index is 6.38. The average Bonchev–Trinajstić information content (AvgIpc) is 2.91. The molecule has 0 spiro atoms. The fourth-order valence-corrected chi connectivity index (χ4v) is 3.92. The fourth-order valence-electron chi connectivity index (χ4n) is 2.93. The summed E-state index contributed by atoms with van der Waals surface area (Å²) >= 11 is 1.81. The van der Waals surface area contributed by atoms with E-state index >= 15 is 0 Å². The van der Waals surface area contributed by atoms with Gasteiger partial charge in [0, 0.05) is 16.8 Å². The lowest BCUT2D eigenvalue weighted by atomic mass is 10.1. The smallest absolute Gasteiger partial charge is 0.145 e. The highest BCUT2D eigenvalue weighted by atomic mass is 32.1. The number of hydrogen-bond acceptors (Lipinski definition) is 3. The number of ether oxygens (including phenoxy) is 1. The normalized spacial score (nSPS) is 18.2. The SMILES string of the molecule is c1ccc2c(OC3CNCCc4ccsc43)cccc2c1.